The van der Waals surface area contributed by atoms with E-state index in [-0.39, 0.29) is 28.5 Å². The second kappa shape index (κ2) is 7.94. The van der Waals surface area contributed by atoms with Crippen LogP contribution in [0.15, 0.2) is 40.6 Å². The zero-order chi connectivity index (χ0) is 23.9. The van der Waals surface area contributed by atoms with Gasteiger partial charge in [-0.1, -0.05) is 0 Å². The quantitative estimate of drug-likeness (QED) is 0.505. The summed E-state index contributed by atoms with van der Waals surface area (Å²) in [6.45, 7) is -1.64. The van der Waals surface area contributed by atoms with Gasteiger partial charge in [-0.05, 0) is 24.3 Å². The zero-order valence-corrected chi connectivity index (χ0v) is 16.7. The number of aliphatic imine (C=N–C) groups is 1. The maximum atomic E-state index is 13.0. The first-order valence-electron chi connectivity index (χ1n) is 9.10. The van der Waals surface area contributed by atoms with Gasteiger partial charge < -0.3 is 19.5 Å². The Morgan fingerprint density at radius 1 is 1.03 bits per heavy atom. The Kier molecular flexibility index (Phi) is 5.91. The number of nitrogens with one attached hydrogen (secondary N) is 1. The van der Waals surface area contributed by atoms with E-state index >= 15 is 0 Å². The van der Waals surface area contributed by atoms with E-state index in [0.717, 1.165) is 0 Å². The van der Waals surface area contributed by atoms with Crippen LogP contribution in [-0.2, 0) is 14.3 Å². The smallest absolute Gasteiger partial charge is 0.411 e. The van der Waals surface area contributed by atoms with Gasteiger partial charge in [0, 0.05) is 19.5 Å². The van der Waals surface area contributed by atoms with E-state index in [1.165, 1.54) is 24.3 Å². The highest BCUT2D eigenvalue weighted by atomic mass is 19.4. The summed E-state index contributed by atoms with van der Waals surface area (Å²) in [6.07, 6.45) is -8.46. The summed E-state index contributed by atoms with van der Waals surface area (Å²) in [5.41, 5.74) is -1.60. The fraction of sp³-hybridized carbons (Fsp3) is 0.474. The van der Waals surface area contributed by atoms with Crippen molar-refractivity contribution >= 4 is 17.3 Å². The van der Waals surface area contributed by atoms with Crippen LogP contribution < -0.4 is 10.1 Å². The van der Waals surface area contributed by atoms with Gasteiger partial charge in [0.1, 0.15) is 12.4 Å². The molecule has 1 aliphatic heterocycles. The number of carbonyl (C=O) groups is 1. The third-order valence-electron chi connectivity index (χ3n) is 4.07. The lowest BCUT2D eigenvalue weighted by molar-refractivity contribution is -0.191. The molecule has 176 valence electrons. The van der Waals surface area contributed by atoms with Crippen LogP contribution in [0, 0.1) is 0 Å². The molecule has 0 saturated carbocycles. The van der Waals surface area contributed by atoms with Crippen LogP contribution >= 0.6 is 0 Å². The first kappa shape index (κ1) is 23.8. The number of benzene rings is 1. The van der Waals surface area contributed by atoms with E-state index in [2.05, 4.69) is 15.0 Å². The summed E-state index contributed by atoms with van der Waals surface area (Å²) in [7, 11) is 0. The Morgan fingerprint density at radius 3 is 2.19 bits per heavy atom. The van der Waals surface area contributed by atoms with Gasteiger partial charge >= 0.3 is 12.3 Å². The van der Waals surface area contributed by atoms with Gasteiger partial charge in [-0.2, -0.15) is 22.0 Å². The minimum Gasteiger partial charge on any atom is -0.485 e. The number of hydrogen-bond donors (Lipinski definition) is 1. The molecule has 3 rings (SSSR count). The highest BCUT2D eigenvalue weighted by molar-refractivity contribution is 6.22. The van der Waals surface area contributed by atoms with Gasteiger partial charge in [0.2, 0.25) is 11.6 Å². The number of carbonyl (C=O) groups excluding carboxylic acids is 1. The molecule has 1 N–H and O–H groups in total. The van der Waals surface area contributed by atoms with Crippen LogP contribution in [0.1, 0.15) is 20.3 Å². The number of ether oxygens (including phenoxy) is 3. The van der Waals surface area contributed by atoms with Crippen LogP contribution in [0.3, 0.4) is 0 Å². The molecule has 1 aliphatic carbocycles. The fourth-order valence-electron chi connectivity index (χ4n) is 2.88. The molecule has 1 aromatic rings. The highest BCUT2D eigenvalue weighted by Gasteiger charge is 2.68. The summed E-state index contributed by atoms with van der Waals surface area (Å²) in [5.74, 6) is -4.30. The monoisotopic (exact) mass is 470 g/mol. The number of nitrogens with zero attached hydrogens (tertiary/aromatic N) is 1. The lowest BCUT2D eigenvalue weighted by Crippen LogP contribution is -2.36. The van der Waals surface area contributed by atoms with Crippen molar-refractivity contribution < 1.29 is 49.7 Å². The summed E-state index contributed by atoms with van der Waals surface area (Å²) in [6, 6.07) is 4.99. The summed E-state index contributed by atoms with van der Waals surface area (Å²) in [5, 5.41) is 2.44. The number of halogens is 7. The molecule has 2 aliphatic rings. The second-order valence-corrected chi connectivity index (χ2v) is 7.33. The standard InChI is InChI=1S/C19H17F7N2O4/c1-16(20,21)8-30-15-14-12(28-19(14,15)31-9-18(24,25)26)7-13(29)27-10-3-5-11(6-4-10)32-17(2,22)23/h3-6H,7-9H2,1-2H3,(H,27,29). The Balaban J connectivity index is 1.61. The van der Waals surface area contributed by atoms with Gasteiger partial charge in [0.15, 0.2) is 12.4 Å². The second-order valence-electron chi connectivity index (χ2n) is 7.33. The number of alkyl halides is 7. The van der Waals surface area contributed by atoms with Crippen molar-refractivity contribution in [1.29, 1.82) is 0 Å². The number of hydrogen-bond acceptors (Lipinski definition) is 5. The molecule has 1 atom stereocenters. The Hall–Kier alpha value is -2.83. The maximum absolute atomic E-state index is 13.0. The Labute approximate surface area is 177 Å². The number of amides is 1. The van der Waals surface area contributed by atoms with Crippen LogP contribution in [0.4, 0.5) is 36.4 Å². The largest absolute Gasteiger partial charge is 0.485 e. The molecule has 1 unspecified atom stereocenters. The van der Waals surface area contributed by atoms with Crippen molar-refractivity contribution in [2.45, 2.75) is 44.2 Å². The van der Waals surface area contributed by atoms with E-state index in [0.29, 0.717) is 13.8 Å². The number of anilines is 1. The topological polar surface area (TPSA) is 69.2 Å². The molecule has 1 aromatic carbocycles. The molecule has 0 fully saturated rings. The molecule has 13 heteroatoms. The minimum atomic E-state index is -4.68. The average Bonchev–Trinajstić information content (AvgIpc) is 3.13. The molecule has 0 saturated heterocycles. The van der Waals surface area contributed by atoms with Crippen LogP contribution in [0.5, 0.6) is 5.75 Å². The van der Waals surface area contributed by atoms with Crippen molar-refractivity contribution in [3.63, 3.8) is 0 Å². The van der Waals surface area contributed by atoms with E-state index in [4.69, 9.17) is 9.47 Å². The van der Waals surface area contributed by atoms with Gasteiger partial charge in [-0.3, -0.25) is 4.79 Å². The molecule has 1 amide bonds. The lowest BCUT2D eigenvalue weighted by Gasteiger charge is -2.25. The SMILES string of the molecule is CC(F)(F)COC1=C2C(CC(=O)Nc3ccc(OC(C)(F)F)cc3)=NC12OCC(F)(F)F. The fourth-order valence-corrected chi connectivity index (χ4v) is 2.88. The van der Waals surface area contributed by atoms with Crippen LogP contribution in [-0.4, -0.2) is 48.8 Å². The van der Waals surface area contributed by atoms with E-state index in [1.54, 1.807) is 0 Å². The minimum absolute atomic E-state index is 0.0232. The average molecular weight is 470 g/mol. The summed E-state index contributed by atoms with van der Waals surface area (Å²) < 4.78 is 103. The van der Waals surface area contributed by atoms with Gasteiger partial charge in [-0.15, -0.1) is 0 Å². The molecule has 0 bridgehead atoms. The third kappa shape index (κ3) is 5.90. The molecular weight excluding hydrogens is 453 g/mol. The van der Waals surface area contributed by atoms with Gasteiger partial charge in [0.25, 0.3) is 5.92 Å². The van der Waals surface area contributed by atoms with Crippen molar-refractivity contribution in [2.75, 3.05) is 18.5 Å². The van der Waals surface area contributed by atoms with Gasteiger partial charge in [0.05, 0.1) is 17.7 Å². The summed E-state index contributed by atoms with van der Waals surface area (Å²) in [4.78, 5) is 16.0. The molecule has 0 aromatic heterocycles. The maximum Gasteiger partial charge on any atom is 0.411 e. The van der Waals surface area contributed by atoms with Crippen LogP contribution in [0.25, 0.3) is 0 Å². The van der Waals surface area contributed by atoms with Crippen molar-refractivity contribution in [1.82, 2.24) is 0 Å². The molecule has 1 heterocycles. The highest BCUT2D eigenvalue weighted by Crippen LogP contribution is 2.58. The molecule has 32 heavy (non-hydrogen) atoms. The molecular formula is C19H17F7N2O4. The zero-order valence-electron chi connectivity index (χ0n) is 16.7. The van der Waals surface area contributed by atoms with E-state index in [9.17, 15) is 35.5 Å². The van der Waals surface area contributed by atoms with Crippen molar-refractivity contribution in [2.24, 2.45) is 4.99 Å². The molecule has 6 nitrogen and oxygen atoms in total. The summed E-state index contributed by atoms with van der Waals surface area (Å²) >= 11 is 0. The lowest BCUT2D eigenvalue weighted by atomic mass is 10.1. The van der Waals surface area contributed by atoms with Crippen LogP contribution in [0.2, 0.25) is 0 Å². The predicted octanol–water partition coefficient (Wildman–Crippen LogP) is 4.68. The first-order chi connectivity index (χ1) is 14.6. The predicted molar refractivity (Wildman–Crippen MR) is 96.7 cm³/mol. The number of rotatable bonds is 10. The third-order valence-corrected chi connectivity index (χ3v) is 4.07. The first-order valence-corrected chi connectivity index (χ1v) is 9.10. The van der Waals surface area contributed by atoms with E-state index in [1.807, 2.05) is 0 Å². The van der Waals surface area contributed by atoms with E-state index < -0.39 is 49.5 Å². The Morgan fingerprint density at radius 2 is 1.66 bits per heavy atom. The Bertz CT molecular complexity index is 946. The molecule has 0 radical (unpaired) electrons. The van der Waals surface area contributed by atoms with Gasteiger partial charge in [-0.25, -0.2) is 13.8 Å². The number of fused-ring (bicyclic) bond motifs is 1. The molecule has 0 spiro atoms. The normalized spacial score (nSPS) is 20.2. The van der Waals surface area contributed by atoms with Crippen molar-refractivity contribution in [3.8, 4) is 5.75 Å². The van der Waals surface area contributed by atoms with Crippen molar-refractivity contribution in [3.05, 3.63) is 35.6 Å².